The average Bonchev–Trinajstić information content (AvgIpc) is 3.13. The molecular formula is C41H76O12S. The highest BCUT2D eigenvalue weighted by Crippen LogP contribution is 2.24. The van der Waals surface area contributed by atoms with Crippen LogP contribution in [0.4, 0.5) is 0 Å². The SMILES string of the molecule is CCC/C=C\CCCCCCCC(=O)OC(COC(=O)CCCCCCCCCCCCCCCCCC)COC1OC(CS(=O)(=O)O)C(O)C(O)C1O. The average molecular weight is 793 g/mol. The second-order valence-electron chi connectivity index (χ2n) is 15.0. The van der Waals surface area contributed by atoms with Crippen LogP contribution in [-0.4, -0.2) is 96.0 Å². The van der Waals surface area contributed by atoms with Gasteiger partial charge in [0.25, 0.3) is 10.1 Å². The topological polar surface area (TPSA) is 186 Å². The third kappa shape index (κ3) is 27.1. The van der Waals surface area contributed by atoms with Gasteiger partial charge in [0.1, 0.15) is 36.8 Å². The van der Waals surface area contributed by atoms with Gasteiger partial charge in [-0.2, -0.15) is 8.42 Å². The molecule has 1 aliphatic heterocycles. The van der Waals surface area contributed by atoms with Crippen LogP contribution >= 0.6 is 0 Å². The summed E-state index contributed by atoms with van der Waals surface area (Å²) in [5, 5.41) is 30.8. The van der Waals surface area contributed by atoms with Gasteiger partial charge >= 0.3 is 11.9 Å². The van der Waals surface area contributed by atoms with Crippen molar-refractivity contribution in [1.82, 2.24) is 0 Å². The molecule has 1 rings (SSSR count). The standard InChI is InChI=1S/C41H76O12S/c1-3-5-7-9-11-13-15-16-17-18-19-20-22-23-25-27-29-36(42)50-31-34(52-37(43)30-28-26-24-21-14-12-10-8-6-4-2)32-51-41-40(46)39(45)38(44)35(53-41)33-54(47,48)49/h8,10,34-35,38-41,44-46H,3-7,9,11-33H2,1-2H3,(H,47,48,49)/b10-8-. The van der Waals surface area contributed by atoms with Gasteiger partial charge in [-0.05, 0) is 32.1 Å². The Hall–Kier alpha value is -1.61. The number of allylic oxidation sites excluding steroid dienone is 2. The molecule has 6 unspecified atom stereocenters. The van der Waals surface area contributed by atoms with Crippen LogP contribution in [0.5, 0.6) is 0 Å². The molecule has 12 nitrogen and oxygen atoms in total. The van der Waals surface area contributed by atoms with Crippen LogP contribution in [0.25, 0.3) is 0 Å². The zero-order chi connectivity index (χ0) is 39.9. The first-order chi connectivity index (χ1) is 26.0. The largest absolute Gasteiger partial charge is 0.462 e. The first kappa shape index (κ1) is 50.4. The second-order valence-corrected chi connectivity index (χ2v) is 16.5. The minimum absolute atomic E-state index is 0.157. The monoisotopic (exact) mass is 793 g/mol. The van der Waals surface area contributed by atoms with E-state index in [-0.39, 0.29) is 19.4 Å². The summed E-state index contributed by atoms with van der Waals surface area (Å²) in [6.45, 7) is 3.68. The van der Waals surface area contributed by atoms with Gasteiger partial charge in [0.2, 0.25) is 0 Å². The van der Waals surface area contributed by atoms with Crippen LogP contribution < -0.4 is 0 Å². The molecule has 0 aromatic carbocycles. The van der Waals surface area contributed by atoms with Gasteiger partial charge in [0, 0.05) is 12.8 Å². The number of rotatable bonds is 35. The van der Waals surface area contributed by atoms with Crippen molar-refractivity contribution in [3.63, 3.8) is 0 Å². The van der Waals surface area contributed by atoms with Gasteiger partial charge in [-0.25, -0.2) is 0 Å². The number of esters is 2. The van der Waals surface area contributed by atoms with E-state index >= 15 is 0 Å². The molecular weight excluding hydrogens is 717 g/mol. The van der Waals surface area contributed by atoms with E-state index in [9.17, 15) is 37.9 Å². The lowest BCUT2D eigenvalue weighted by atomic mass is 10.00. The molecule has 0 aromatic heterocycles. The molecule has 0 radical (unpaired) electrons. The lowest BCUT2D eigenvalue weighted by Crippen LogP contribution is -2.60. The van der Waals surface area contributed by atoms with Crippen LogP contribution in [0.2, 0.25) is 0 Å². The normalized spacial score (nSPS) is 21.0. The van der Waals surface area contributed by atoms with E-state index in [0.29, 0.717) is 12.8 Å². The van der Waals surface area contributed by atoms with Crippen LogP contribution in [-0.2, 0) is 38.7 Å². The fourth-order valence-corrected chi connectivity index (χ4v) is 7.19. The van der Waals surface area contributed by atoms with Crippen LogP contribution in [0, 0.1) is 0 Å². The Balaban J connectivity index is 2.44. The van der Waals surface area contributed by atoms with E-state index in [1.807, 2.05) is 0 Å². The van der Waals surface area contributed by atoms with Gasteiger partial charge in [-0.15, -0.1) is 0 Å². The molecule has 1 heterocycles. The molecule has 0 aliphatic carbocycles. The van der Waals surface area contributed by atoms with Gasteiger partial charge in [0.15, 0.2) is 12.4 Å². The zero-order valence-electron chi connectivity index (χ0n) is 33.6. The van der Waals surface area contributed by atoms with Crippen LogP contribution in [0.1, 0.15) is 181 Å². The predicted molar refractivity (Wildman–Crippen MR) is 210 cm³/mol. The number of ether oxygens (including phenoxy) is 4. The van der Waals surface area contributed by atoms with Crippen molar-refractivity contribution in [3.8, 4) is 0 Å². The lowest BCUT2D eigenvalue weighted by molar-refractivity contribution is -0.297. The number of hydrogen-bond donors (Lipinski definition) is 4. The van der Waals surface area contributed by atoms with Crippen LogP contribution in [0.3, 0.4) is 0 Å². The van der Waals surface area contributed by atoms with E-state index in [0.717, 1.165) is 64.2 Å². The summed E-state index contributed by atoms with van der Waals surface area (Å²) in [5.74, 6) is -1.99. The van der Waals surface area contributed by atoms with Crippen molar-refractivity contribution in [2.45, 2.75) is 218 Å². The first-order valence-corrected chi connectivity index (χ1v) is 22.9. The highest BCUT2D eigenvalue weighted by Gasteiger charge is 2.46. The van der Waals surface area contributed by atoms with Crippen molar-refractivity contribution in [2.24, 2.45) is 0 Å². The summed E-state index contributed by atoms with van der Waals surface area (Å²) in [6.07, 6.45) is 22.7. The Kier molecular flexibility index (Phi) is 30.3. The Bertz CT molecular complexity index is 1070. The quantitative estimate of drug-likeness (QED) is 0.0211. The number of aliphatic hydroxyl groups excluding tert-OH is 3. The van der Waals surface area contributed by atoms with Crippen molar-refractivity contribution >= 4 is 22.1 Å². The Labute approximate surface area is 326 Å². The number of unbranched alkanes of at least 4 members (excludes halogenated alkanes) is 21. The molecule has 318 valence electrons. The van der Waals surface area contributed by atoms with Crippen molar-refractivity contribution in [3.05, 3.63) is 12.2 Å². The van der Waals surface area contributed by atoms with Crippen molar-refractivity contribution in [2.75, 3.05) is 19.0 Å². The minimum Gasteiger partial charge on any atom is -0.462 e. The van der Waals surface area contributed by atoms with E-state index in [1.54, 1.807) is 0 Å². The Morgan fingerprint density at radius 2 is 1.09 bits per heavy atom. The molecule has 6 atom stereocenters. The van der Waals surface area contributed by atoms with Gasteiger partial charge in [-0.1, -0.05) is 148 Å². The van der Waals surface area contributed by atoms with Crippen LogP contribution in [0.15, 0.2) is 12.2 Å². The summed E-state index contributed by atoms with van der Waals surface area (Å²) in [5.41, 5.74) is 0. The predicted octanol–water partition coefficient (Wildman–Crippen LogP) is 7.89. The fraction of sp³-hybridized carbons (Fsp3) is 0.902. The van der Waals surface area contributed by atoms with E-state index in [4.69, 9.17) is 18.9 Å². The molecule has 1 saturated heterocycles. The third-order valence-corrected chi connectivity index (χ3v) is 10.6. The summed E-state index contributed by atoms with van der Waals surface area (Å²) in [6, 6.07) is 0. The molecule has 0 spiro atoms. The maximum absolute atomic E-state index is 12.7. The second kappa shape index (κ2) is 32.5. The Morgan fingerprint density at radius 3 is 1.61 bits per heavy atom. The molecule has 1 aliphatic rings. The number of carbonyl (C=O) groups is 2. The van der Waals surface area contributed by atoms with Gasteiger partial charge < -0.3 is 34.3 Å². The number of hydrogen-bond acceptors (Lipinski definition) is 11. The van der Waals surface area contributed by atoms with Gasteiger partial charge in [0.05, 0.1) is 6.61 Å². The highest BCUT2D eigenvalue weighted by molar-refractivity contribution is 7.85. The number of carbonyl (C=O) groups excluding carboxylic acids is 2. The smallest absolute Gasteiger partial charge is 0.306 e. The Morgan fingerprint density at radius 1 is 0.611 bits per heavy atom. The maximum atomic E-state index is 12.7. The summed E-state index contributed by atoms with van der Waals surface area (Å²) in [7, 11) is -4.60. The molecule has 0 aromatic rings. The molecule has 4 N–H and O–H groups in total. The van der Waals surface area contributed by atoms with E-state index in [1.165, 1.54) is 77.0 Å². The first-order valence-electron chi connectivity index (χ1n) is 21.2. The van der Waals surface area contributed by atoms with Crippen molar-refractivity contribution in [1.29, 1.82) is 0 Å². The number of aliphatic hydroxyl groups is 3. The fourth-order valence-electron chi connectivity index (χ4n) is 6.50. The van der Waals surface area contributed by atoms with Crippen molar-refractivity contribution < 1.29 is 56.8 Å². The molecule has 54 heavy (non-hydrogen) atoms. The highest BCUT2D eigenvalue weighted by atomic mass is 32.2. The van der Waals surface area contributed by atoms with Gasteiger partial charge in [-0.3, -0.25) is 14.1 Å². The van der Waals surface area contributed by atoms with E-state index < -0.39 is 71.2 Å². The zero-order valence-corrected chi connectivity index (χ0v) is 34.4. The van der Waals surface area contributed by atoms with E-state index in [2.05, 4.69) is 26.0 Å². The summed E-state index contributed by atoms with van der Waals surface area (Å²) >= 11 is 0. The molecule has 1 fully saturated rings. The summed E-state index contributed by atoms with van der Waals surface area (Å²) in [4.78, 5) is 25.3. The molecule has 0 bridgehead atoms. The maximum Gasteiger partial charge on any atom is 0.306 e. The third-order valence-electron chi connectivity index (χ3n) is 9.83. The summed E-state index contributed by atoms with van der Waals surface area (Å²) < 4.78 is 53.9. The molecule has 0 amide bonds. The minimum atomic E-state index is -4.60. The molecule has 0 saturated carbocycles. The molecule has 13 heteroatoms. The lowest BCUT2D eigenvalue weighted by Gasteiger charge is -2.40.